The fraction of sp³-hybridized carbons (Fsp3) is 0.692. The Morgan fingerprint density at radius 3 is 2.50 bits per heavy atom. The van der Waals surface area contributed by atoms with E-state index in [1.807, 2.05) is 18.2 Å². The second-order valence-electron chi connectivity index (χ2n) is 10.9. The minimum atomic E-state index is -0.792. The van der Waals surface area contributed by atoms with Gasteiger partial charge in [0.2, 0.25) is 0 Å². The zero-order chi connectivity index (χ0) is 19.8. The van der Waals surface area contributed by atoms with Crippen molar-refractivity contribution in [2.75, 3.05) is 13.1 Å². The van der Waals surface area contributed by atoms with Crippen molar-refractivity contribution in [1.29, 1.82) is 0 Å². The van der Waals surface area contributed by atoms with E-state index >= 15 is 0 Å². The number of hydrogen-bond acceptors (Lipinski definition) is 2. The van der Waals surface area contributed by atoms with Gasteiger partial charge < -0.3 is 5.11 Å². The summed E-state index contributed by atoms with van der Waals surface area (Å²) in [5.74, 6) is 7.19. The molecule has 1 aromatic rings. The Morgan fingerprint density at radius 1 is 1.07 bits per heavy atom. The molecule has 28 heavy (non-hydrogen) atoms. The quantitative estimate of drug-likeness (QED) is 0.712. The fourth-order valence-corrected chi connectivity index (χ4v) is 6.73. The van der Waals surface area contributed by atoms with Crippen molar-refractivity contribution in [2.45, 2.75) is 83.8 Å². The summed E-state index contributed by atoms with van der Waals surface area (Å²) in [7, 11) is 0. The van der Waals surface area contributed by atoms with Crippen LogP contribution in [0.25, 0.3) is 0 Å². The van der Waals surface area contributed by atoms with Crippen LogP contribution < -0.4 is 0 Å². The van der Waals surface area contributed by atoms with E-state index in [1.54, 1.807) is 0 Å². The van der Waals surface area contributed by atoms with Crippen LogP contribution in [0.2, 0.25) is 0 Å². The third-order valence-corrected chi connectivity index (χ3v) is 7.59. The molecule has 1 aromatic carbocycles. The van der Waals surface area contributed by atoms with Crippen LogP contribution >= 0.6 is 0 Å². The minimum absolute atomic E-state index is 0.343. The van der Waals surface area contributed by atoms with Crippen molar-refractivity contribution in [3.8, 4) is 11.8 Å². The van der Waals surface area contributed by atoms with Crippen molar-refractivity contribution < 1.29 is 5.11 Å². The van der Waals surface area contributed by atoms with Crippen molar-refractivity contribution in [3.05, 3.63) is 35.9 Å². The lowest BCUT2D eigenvalue weighted by molar-refractivity contribution is -0.0173. The maximum Gasteiger partial charge on any atom is 0.103 e. The lowest BCUT2D eigenvalue weighted by atomic mass is 9.65. The zero-order valence-electron chi connectivity index (χ0n) is 18.0. The number of likely N-dealkylation sites (tertiary alicyclic amines) is 1. The predicted molar refractivity (Wildman–Crippen MR) is 116 cm³/mol. The molecule has 3 aliphatic rings. The number of hydrogen-bond donors (Lipinski definition) is 1. The molecule has 0 aromatic heterocycles. The molecule has 152 valence electrons. The lowest BCUT2D eigenvalue weighted by Gasteiger charge is -2.39. The predicted octanol–water partition coefficient (Wildman–Crippen LogP) is 5.36. The van der Waals surface area contributed by atoms with Gasteiger partial charge in [-0.05, 0) is 54.4 Å². The number of benzene rings is 1. The molecule has 2 nitrogen and oxygen atoms in total. The van der Waals surface area contributed by atoms with Crippen LogP contribution in [0.1, 0.15) is 77.7 Å². The molecule has 1 N–H and O–H groups in total. The highest BCUT2D eigenvalue weighted by Crippen LogP contribution is 2.52. The summed E-state index contributed by atoms with van der Waals surface area (Å²) in [6.45, 7) is 9.35. The van der Waals surface area contributed by atoms with E-state index < -0.39 is 5.60 Å². The first-order valence-electron chi connectivity index (χ1n) is 11.3. The van der Waals surface area contributed by atoms with Gasteiger partial charge in [0.15, 0.2) is 0 Å². The van der Waals surface area contributed by atoms with Gasteiger partial charge in [0.05, 0.1) is 6.54 Å². The summed E-state index contributed by atoms with van der Waals surface area (Å²) in [6, 6.07) is 10.9. The molecule has 3 fully saturated rings. The summed E-state index contributed by atoms with van der Waals surface area (Å²) >= 11 is 0. The van der Waals surface area contributed by atoms with Crippen molar-refractivity contribution in [2.24, 2.45) is 16.7 Å². The molecule has 0 unspecified atom stereocenters. The Bertz CT molecular complexity index is 739. The summed E-state index contributed by atoms with van der Waals surface area (Å²) in [4.78, 5) is 2.61. The van der Waals surface area contributed by atoms with Crippen LogP contribution in [-0.4, -0.2) is 29.1 Å². The Hall–Kier alpha value is -1.30. The van der Waals surface area contributed by atoms with E-state index in [1.165, 1.54) is 38.6 Å². The highest BCUT2D eigenvalue weighted by molar-refractivity contribution is 5.26. The van der Waals surface area contributed by atoms with Crippen molar-refractivity contribution in [3.63, 3.8) is 0 Å². The van der Waals surface area contributed by atoms with Crippen LogP contribution in [-0.2, 0) is 5.60 Å². The summed E-state index contributed by atoms with van der Waals surface area (Å²) in [6.07, 6.45) is 9.21. The molecule has 1 saturated heterocycles. The SMILES string of the molecule is CC1(C)C[C@@H]2C[C@@](C)(CN2CC#CC[C@](O)(c2ccccc2)C2CCCC2)C1. The second-order valence-corrected chi connectivity index (χ2v) is 10.9. The first-order valence-corrected chi connectivity index (χ1v) is 11.3. The lowest BCUT2D eigenvalue weighted by Crippen LogP contribution is -2.35. The number of nitrogens with zero attached hydrogens (tertiary/aromatic N) is 1. The first-order chi connectivity index (χ1) is 13.3. The second kappa shape index (κ2) is 7.51. The van der Waals surface area contributed by atoms with E-state index in [-0.39, 0.29) is 0 Å². The van der Waals surface area contributed by atoms with Gasteiger partial charge in [-0.3, -0.25) is 4.90 Å². The van der Waals surface area contributed by atoms with Gasteiger partial charge in [0.1, 0.15) is 5.60 Å². The highest BCUT2D eigenvalue weighted by Gasteiger charge is 2.49. The molecule has 3 atom stereocenters. The van der Waals surface area contributed by atoms with Crippen LogP contribution in [0.15, 0.2) is 30.3 Å². The minimum Gasteiger partial charge on any atom is -0.384 e. The third-order valence-electron chi connectivity index (χ3n) is 7.59. The van der Waals surface area contributed by atoms with Gasteiger partial charge in [-0.15, -0.1) is 0 Å². The van der Waals surface area contributed by atoms with E-state index in [9.17, 15) is 5.11 Å². The molecular weight excluding hydrogens is 342 g/mol. The topological polar surface area (TPSA) is 23.5 Å². The summed E-state index contributed by atoms with van der Waals surface area (Å²) in [5, 5.41) is 11.6. The van der Waals surface area contributed by atoms with Gasteiger partial charge in [0.25, 0.3) is 0 Å². The fourth-order valence-electron chi connectivity index (χ4n) is 6.73. The highest BCUT2D eigenvalue weighted by atomic mass is 16.3. The molecule has 4 rings (SSSR count). The van der Waals surface area contributed by atoms with E-state index in [0.29, 0.717) is 29.2 Å². The largest absolute Gasteiger partial charge is 0.384 e. The van der Waals surface area contributed by atoms with Crippen LogP contribution in [0.3, 0.4) is 0 Å². The molecule has 0 radical (unpaired) electrons. The Labute approximate surface area is 171 Å². The molecule has 2 saturated carbocycles. The third kappa shape index (κ3) is 4.03. The Kier molecular flexibility index (Phi) is 5.36. The smallest absolute Gasteiger partial charge is 0.103 e. The van der Waals surface area contributed by atoms with Gasteiger partial charge in [0, 0.05) is 19.0 Å². The Balaban J connectivity index is 1.44. The molecule has 1 heterocycles. The van der Waals surface area contributed by atoms with Crippen molar-refractivity contribution >= 4 is 0 Å². The van der Waals surface area contributed by atoms with Crippen molar-refractivity contribution in [1.82, 2.24) is 4.90 Å². The molecule has 2 heteroatoms. The molecule has 0 amide bonds. The van der Waals surface area contributed by atoms with E-state index in [4.69, 9.17) is 0 Å². The summed E-state index contributed by atoms with van der Waals surface area (Å²) < 4.78 is 0. The molecular formula is C26H37NO. The summed E-state index contributed by atoms with van der Waals surface area (Å²) in [5.41, 5.74) is 1.17. The molecule has 2 aliphatic carbocycles. The van der Waals surface area contributed by atoms with Crippen LogP contribution in [0, 0.1) is 28.6 Å². The van der Waals surface area contributed by atoms with Crippen LogP contribution in [0.4, 0.5) is 0 Å². The normalized spacial score (nSPS) is 31.9. The molecule has 0 spiro atoms. The van der Waals surface area contributed by atoms with Crippen LogP contribution in [0.5, 0.6) is 0 Å². The Morgan fingerprint density at radius 2 is 1.79 bits per heavy atom. The molecule has 1 aliphatic heterocycles. The standard InChI is InChI=1S/C26H37NO/c1-24(2)17-23-18-25(3,19-24)20-27(23)16-10-9-15-26(28,22-13-7-8-14-22)21-11-5-4-6-12-21/h4-6,11-12,22-23,28H,7-8,13-20H2,1-3H3/t23-,25-,26+/m1/s1. The molecule has 2 bridgehead atoms. The van der Waals surface area contributed by atoms with Gasteiger partial charge in [-0.1, -0.05) is 75.8 Å². The first kappa shape index (κ1) is 20.0. The number of aliphatic hydroxyl groups is 1. The average molecular weight is 380 g/mol. The van der Waals surface area contributed by atoms with Gasteiger partial charge in [-0.2, -0.15) is 0 Å². The van der Waals surface area contributed by atoms with Gasteiger partial charge >= 0.3 is 0 Å². The monoisotopic (exact) mass is 379 g/mol. The zero-order valence-corrected chi connectivity index (χ0v) is 18.0. The number of fused-ring (bicyclic) bond motifs is 2. The maximum atomic E-state index is 11.6. The van der Waals surface area contributed by atoms with Gasteiger partial charge in [-0.25, -0.2) is 0 Å². The van der Waals surface area contributed by atoms with E-state index in [0.717, 1.165) is 24.9 Å². The maximum absolute atomic E-state index is 11.6. The number of rotatable bonds is 4. The van der Waals surface area contributed by atoms with E-state index in [2.05, 4.69) is 49.6 Å². The average Bonchev–Trinajstić information content (AvgIpc) is 3.25.